The number of benzene rings is 2. The van der Waals surface area contributed by atoms with Crippen LogP contribution < -0.4 is 15.8 Å². The third-order valence-electron chi connectivity index (χ3n) is 3.60. The molecule has 1 amide bonds. The minimum Gasteiger partial charge on any atom is -0.480 e. The quantitative estimate of drug-likeness (QED) is 0.661. The summed E-state index contributed by atoms with van der Waals surface area (Å²) in [5.74, 6) is -0.0606. The van der Waals surface area contributed by atoms with E-state index in [-0.39, 0.29) is 5.91 Å². The van der Waals surface area contributed by atoms with Crippen LogP contribution in [0.25, 0.3) is 11.4 Å². The maximum absolute atomic E-state index is 12.4. The molecule has 0 saturated heterocycles. The highest BCUT2D eigenvalue weighted by molar-refractivity contribution is 9.10. The Morgan fingerprint density at radius 2 is 2.12 bits per heavy atom. The number of aromatic nitrogens is 2. The summed E-state index contributed by atoms with van der Waals surface area (Å²) in [5, 5.41) is 6.41. The van der Waals surface area contributed by atoms with Crippen molar-refractivity contribution in [3.05, 3.63) is 63.1 Å². The number of carbonyl (C=O) groups is 1. The zero-order valence-electron chi connectivity index (χ0n) is 14.1. The number of ether oxygens (including phenoxy) is 1. The van der Waals surface area contributed by atoms with Crippen LogP contribution in [0.1, 0.15) is 12.5 Å². The molecule has 2 N–H and O–H groups in total. The summed E-state index contributed by atoms with van der Waals surface area (Å²) in [5.41, 5.74) is 2.25. The number of amides is 1. The third kappa shape index (κ3) is 4.20. The highest BCUT2D eigenvalue weighted by Gasteiger charge is 2.17. The van der Waals surface area contributed by atoms with Crippen molar-refractivity contribution in [1.82, 2.24) is 10.1 Å². The summed E-state index contributed by atoms with van der Waals surface area (Å²) in [4.78, 5) is 25.9. The number of hydrogen-bond acceptors (Lipinski definition) is 5. The second kappa shape index (κ2) is 7.57. The van der Waals surface area contributed by atoms with Gasteiger partial charge in [-0.3, -0.25) is 14.3 Å². The van der Waals surface area contributed by atoms with E-state index in [1.54, 1.807) is 31.2 Å². The van der Waals surface area contributed by atoms with Crippen LogP contribution in [-0.2, 0) is 4.79 Å². The molecule has 1 heterocycles. The average molecular weight is 418 g/mol. The van der Waals surface area contributed by atoms with Gasteiger partial charge in [0.25, 0.3) is 5.91 Å². The first kappa shape index (κ1) is 17.9. The van der Waals surface area contributed by atoms with Crippen LogP contribution in [0.15, 0.2) is 56.3 Å². The smallest absolute Gasteiger partial charge is 0.439 e. The molecule has 0 aliphatic carbocycles. The van der Waals surface area contributed by atoms with Gasteiger partial charge in [0.15, 0.2) is 11.9 Å². The lowest BCUT2D eigenvalue weighted by Gasteiger charge is -2.16. The van der Waals surface area contributed by atoms with Gasteiger partial charge in [-0.25, -0.2) is 4.79 Å². The van der Waals surface area contributed by atoms with Gasteiger partial charge in [-0.2, -0.15) is 0 Å². The first-order chi connectivity index (χ1) is 12.4. The van der Waals surface area contributed by atoms with E-state index in [9.17, 15) is 9.59 Å². The molecule has 3 rings (SSSR count). The topological polar surface area (TPSA) is 97.2 Å². The SMILES string of the molecule is Cc1ccc(OC(C)C(=O)Nc2cccc(-c3noc(=O)[nH]3)c2)c(Br)c1. The standard InChI is InChI=1S/C18H16BrN3O4/c1-10-6-7-15(14(19)8-10)25-11(2)17(23)20-13-5-3-4-12(9-13)16-21-18(24)26-22-16/h3-9,11H,1-2H3,(H,20,23)(H,21,22,24). The Kier molecular flexibility index (Phi) is 5.22. The molecule has 0 aliphatic heterocycles. The normalized spacial score (nSPS) is 11.8. The molecule has 2 aromatic carbocycles. The molecule has 0 saturated carbocycles. The Balaban J connectivity index is 1.70. The van der Waals surface area contributed by atoms with Crippen molar-refractivity contribution in [2.75, 3.05) is 5.32 Å². The summed E-state index contributed by atoms with van der Waals surface area (Å²) < 4.78 is 11.0. The first-order valence-electron chi connectivity index (χ1n) is 7.82. The second-order valence-electron chi connectivity index (χ2n) is 5.71. The molecule has 1 unspecified atom stereocenters. The van der Waals surface area contributed by atoms with Gasteiger partial charge < -0.3 is 10.1 Å². The minimum absolute atomic E-state index is 0.291. The van der Waals surface area contributed by atoms with Gasteiger partial charge in [0.1, 0.15) is 5.75 Å². The lowest BCUT2D eigenvalue weighted by atomic mass is 10.2. The molecule has 26 heavy (non-hydrogen) atoms. The van der Waals surface area contributed by atoms with Crippen LogP contribution in [0, 0.1) is 6.92 Å². The van der Waals surface area contributed by atoms with E-state index in [0.717, 1.165) is 10.0 Å². The Morgan fingerprint density at radius 3 is 2.81 bits per heavy atom. The van der Waals surface area contributed by atoms with Crippen LogP contribution in [0.5, 0.6) is 5.75 Å². The van der Waals surface area contributed by atoms with Crippen LogP contribution in [-0.4, -0.2) is 22.2 Å². The van der Waals surface area contributed by atoms with Gasteiger partial charge >= 0.3 is 5.76 Å². The van der Waals surface area contributed by atoms with E-state index in [1.807, 2.05) is 25.1 Å². The van der Waals surface area contributed by atoms with Crippen molar-refractivity contribution >= 4 is 27.5 Å². The maximum atomic E-state index is 12.4. The fourth-order valence-electron chi connectivity index (χ4n) is 2.29. The zero-order chi connectivity index (χ0) is 18.7. The number of rotatable bonds is 5. The Morgan fingerprint density at radius 1 is 1.31 bits per heavy atom. The van der Waals surface area contributed by atoms with Crippen molar-refractivity contribution in [2.45, 2.75) is 20.0 Å². The Labute approximate surface area is 157 Å². The summed E-state index contributed by atoms with van der Waals surface area (Å²) in [6.45, 7) is 3.64. The van der Waals surface area contributed by atoms with Gasteiger partial charge in [0, 0.05) is 11.3 Å². The predicted molar refractivity (Wildman–Crippen MR) is 100 cm³/mol. The summed E-state index contributed by atoms with van der Waals surface area (Å²) in [6, 6.07) is 12.5. The van der Waals surface area contributed by atoms with E-state index in [2.05, 4.69) is 35.9 Å². The number of hydrogen-bond donors (Lipinski definition) is 2. The summed E-state index contributed by atoms with van der Waals surface area (Å²) >= 11 is 3.43. The molecule has 0 radical (unpaired) electrons. The highest BCUT2D eigenvalue weighted by Crippen LogP contribution is 2.27. The molecule has 1 aromatic heterocycles. The van der Waals surface area contributed by atoms with Crippen molar-refractivity contribution in [1.29, 1.82) is 0 Å². The summed E-state index contributed by atoms with van der Waals surface area (Å²) in [7, 11) is 0. The number of nitrogens with zero attached hydrogens (tertiary/aromatic N) is 1. The highest BCUT2D eigenvalue weighted by atomic mass is 79.9. The van der Waals surface area contributed by atoms with Gasteiger partial charge in [0.05, 0.1) is 4.47 Å². The predicted octanol–water partition coefficient (Wildman–Crippen LogP) is 3.51. The fraction of sp³-hybridized carbons (Fsp3) is 0.167. The van der Waals surface area contributed by atoms with E-state index in [0.29, 0.717) is 22.8 Å². The van der Waals surface area contributed by atoms with Crippen LogP contribution in [0.3, 0.4) is 0 Å². The zero-order valence-corrected chi connectivity index (χ0v) is 15.7. The lowest BCUT2D eigenvalue weighted by molar-refractivity contribution is -0.122. The van der Waals surface area contributed by atoms with Crippen LogP contribution >= 0.6 is 15.9 Å². The van der Waals surface area contributed by atoms with Crippen molar-refractivity contribution < 1.29 is 14.1 Å². The van der Waals surface area contributed by atoms with Gasteiger partial charge in [-0.1, -0.05) is 23.4 Å². The van der Waals surface area contributed by atoms with Gasteiger partial charge in [-0.05, 0) is 59.6 Å². The first-order valence-corrected chi connectivity index (χ1v) is 8.62. The van der Waals surface area contributed by atoms with Crippen molar-refractivity contribution in [3.63, 3.8) is 0 Å². The van der Waals surface area contributed by atoms with E-state index < -0.39 is 11.9 Å². The molecule has 0 aliphatic rings. The van der Waals surface area contributed by atoms with E-state index in [4.69, 9.17) is 4.74 Å². The molecule has 7 nitrogen and oxygen atoms in total. The largest absolute Gasteiger partial charge is 0.480 e. The number of halogens is 1. The molecule has 8 heteroatoms. The van der Waals surface area contributed by atoms with E-state index >= 15 is 0 Å². The number of nitrogens with one attached hydrogen (secondary N) is 2. The molecule has 134 valence electrons. The molecular formula is C18H16BrN3O4. The molecule has 3 aromatic rings. The van der Waals surface area contributed by atoms with Gasteiger partial charge in [0.2, 0.25) is 0 Å². The molecule has 0 fully saturated rings. The number of aromatic amines is 1. The number of carbonyl (C=O) groups excluding carboxylic acids is 1. The molecular weight excluding hydrogens is 402 g/mol. The average Bonchev–Trinajstić information content (AvgIpc) is 3.04. The number of H-pyrrole nitrogens is 1. The monoisotopic (exact) mass is 417 g/mol. The Bertz CT molecular complexity index is 996. The van der Waals surface area contributed by atoms with Crippen LogP contribution in [0.2, 0.25) is 0 Å². The second-order valence-corrected chi connectivity index (χ2v) is 6.56. The number of anilines is 1. The fourth-order valence-corrected chi connectivity index (χ4v) is 2.87. The summed E-state index contributed by atoms with van der Waals surface area (Å²) in [6.07, 6.45) is -0.704. The lowest BCUT2D eigenvalue weighted by Crippen LogP contribution is -2.30. The Hall–Kier alpha value is -2.87. The van der Waals surface area contributed by atoms with Gasteiger partial charge in [-0.15, -0.1) is 0 Å². The minimum atomic E-state index is -0.704. The number of aryl methyl sites for hydroxylation is 1. The van der Waals surface area contributed by atoms with Crippen molar-refractivity contribution in [2.24, 2.45) is 0 Å². The van der Waals surface area contributed by atoms with Crippen LogP contribution in [0.4, 0.5) is 5.69 Å². The van der Waals surface area contributed by atoms with E-state index in [1.165, 1.54) is 0 Å². The van der Waals surface area contributed by atoms with Crippen molar-refractivity contribution in [3.8, 4) is 17.1 Å². The third-order valence-corrected chi connectivity index (χ3v) is 4.22. The molecule has 0 spiro atoms. The molecule has 0 bridgehead atoms. The molecule has 1 atom stereocenters. The maximum Gasteiger partial charge on any atom is 0.439 e.